The van der Waals surface area contributed by atoms with Gasteiger partial charge in [-0.2, -0.15) is 5.10 Å². The van der Waals surface area contributed by atoms with E-state index in [-0.39, 0.29) is 6.54 Å². The lowest BCUT2D eigenvalue weighted by molar-refractivity contribution is 0.579. The van der Waals surface area contributed by atoms with Crippen LogP contribution in [0, 0.1) is 0 Å². The normalized spacial score (nSPS) is 14.4. The molecule has 0 spiro atoms. The van der Waals surface area contributed by atoms with Crippen LogP contribution in [0.1, 0.15) is 16.8 Å². The van der Waals surface area contributed by atoms with Crippen LogP contribution in [0.5, 0.6) is 0 Å². The fourth-order valence-electron chi connectivity index (χ4n) is 2.25. The lowest BCUT2D eigenvalue weighted by atomic mass is 10.1. The average molecular weight is 292 g/mol. The number of hydrogen-bond acceptors (Lipinski definition) is 4. The Labute approximate surface area is 117 Å². The molecule has 1 aromatic heterocycles. The van der Waals surface area contributed by atoms with Gasteiger partial charge in [-0.3, -0.25) is 4.68 Å². The number of fused-ring (bicyclic) bond motifs is 1. The Hall–Kier alpha value is -1.70. The zero-order valence-corrected chi connectivity index (χ0v) is 11.9. The van der Waals surface area contributed by atoms with Gasteiger partial charge in [0.15, 0.2) is 0 Å². The summed E-state index contributed by atoms with van der Waals surface area (Å²) in [5, 5.41) is 7.34. The molecule has 0 saturated heterocycles. The molecular weight excluding hydrogens is 276 g/mol. The highest BCUT2D eigenvalue weighted by molar-refractivity contribution is 7.89. The quantitative estimate of drug-likeness (QED) is 0.860. The van der Waals surface area contributed by atoms with Crippen LogP contribution >= 0.6 is 0 Å². The lowest BCUT2D eigenvalue weighted by Crippen LogP contribution is -2.23. The largest absolute Gasteiger partial charge is 0.309 e. The standard InChI is InChI=1S/C13H16N4O2S/c1-17-5-4-12(16-17)9-15-20(18,19)13-3-2-10-7-14-8-11(10)6-13/h2-6,14-15H,7-9H2,1H3. The molecule has 1 aliphatic rings. The third-order valence-electron chi connectivity index (χ3n) is 3.33. The number of rotatable bonds is 4. The SMILES string of the molecule is Cn1ccc(CNS(=O)(=O)c2ccc3c(c2)CNC3)n1. The van der Waals surface area contributed by atoms with Crippen LogP contribution in [0.4, 0.5) is 0 Å². The second-order valence-electron chi connectivity index (χ2n) is 4.84. The Morgan fingerprint density at radius 2 is 2.10 bits per heavy atom. The molecule has 1 aliphatic heterocycles. The maximum absolute atomic E-state index is 12.2. The van der Waals surface area contributed by atoms with E-state index in [2.05, 4.69) is 15.1 Å². The van der Waals surface area contributed by atoms with E-state index in [1.165, 1.54) is 0 Å². The van der Waals surface area contributed by atoms with Crippen LogP contribution in [-0.4, -0.2) is 18.2 Å². The molecule has 0 saturated carbocycles. The summed E-state index contributed by atoms with van der Waals surface area (Å²) in [6, 6.07) is 7.03. The Morgan fingerprint density at radius 1 is 1.30 bits per heavy atom. The minimum atomic E-state index is -3.50. The second-order valence-corrected chi connectivity index (χ2v) is 6.61. The van der Waals surface area contributed by atoms with E-state index in [9.17, 15) is 8.42 Å². The molecule has 0 aliphatic carbocycles. The first kappa shape index (κ1) is 13.3. The molecule has 7 heteroatoms. The molecule has 2 N–H and O–H groups in total. The summed E-state index contributed by atoms with van der Waals surface area (Å²) in [4.78, 5) is 0.302. The van der Waals surface area contributed by atoms with E-state index < -0.39 is 10.0 Å². The van der Waals surface area contributed by atoms with E-state index in [0.717, 1.165) is 24.2 Å². The number of benzene rings is 1. The summed E-state index contributed by atoms with van der Waals surface area (Å²) in [5.41, 5.74) is 2.90. The molecular formula is C13H16N4O2S. The molecule has 0 fully saturated rings. The zero-order chi connectivity index (χ0) is 14.2. The van der Waals surface area contributed by atoms with Gasteiger partial charge in [0.2, 0.25) is 10.0 Å². The first-order valence-electron chi connectivity index (χ1n) is 6.35. The lowest BCUT2D eigenvalue weighted by Gasteiger charge is -2.07. The van der Waals surface area contributed by atoms with E-state index in [0.29, 0.717) is 10.6 Å². The fraction of sp³-hybridized carbons (Fsp3) is 0.308. The van der Waals surface area contributed by atoms with Crippen molar-refractivity contribution in [2.45, 2.75) is 24.5 Å². The Kier molecular flexibility index (Phi) is 3.33. The molecule has 0 amide bonds. The minimum absolute atomic E-state index is 0.193. The molecule has 3 rings (SSSR count). The van der Waals surface area contributed by atoms with Crippen LogP contribution in [0.25, 0.3) is 0 Å². The first-order chi connectivity index (χ1) is 9.54. The topological polar surface area (TPSA) is 76.0 Å². The predicted molar refractivity (Wildman–Crippen MR) is 74.2 cm³/mol. The van der Waals surface area contributed by atoms with Crippen molar-refractivity contribution < 1.29 is 8.42 Å². The van der Waals surface area contributed by atoms with Crippen molar-refractivity contribution in [3.63, 3.8) is 0 Å². The van der Waals surface area contributed by atoms with Crippen LogP contribution in [0.3, 0.4) is 0 Å². The molecule has 0 unspecified atom stereocenters. The molecule has 2 aromatic rings. The van der Waals surface area contributed by atoms with Gasteiger partial charge in [-0.15, -0.1) is 0 Å². The summed E-state index contributed by atoms with van der Waals surface area (Å²) in [7, 11) is -1.70. The van der Waals surface area contributed by atoms with Gasteiger partial charge < -0.3 is 5.32 Å². The van der Waals surface area contributed by atoms with Crippen molar-refractivity contribution >= 4 is 10.0 Å². The van der Waals surface area contributed by atoms with Crippen LogP contribution in [-0.2, 0) is 36.7 Å². The van der Waals surface area contributed by atoms with Crippen molar-refractivity contribution in [1.29, 1.82) is 0 Å². The number of nitrogens with zero attached hydrogens (tertiary/aromatic N) is 2. The van der Waals surface area contributed by atoms with E-state index in [1.807, 2.05) is 6.07 Å². The van der Waals surface area contributed by atoms with Crippen LogP contribution in [0.15, 0.2) is 35.4 Å². The number of hydrogen-bond donors (Lipinski definition) is 2. The number of nitrogens with one attached hydrogen (secondary N) is 2. The molecule has 106 valence electrons. The maximum atomic E-state index is 12.2. The van der Waals surface area contributed by atoms with Gasteiger partial charge in [0, 0.05) is 26.3 Å². The smallest absolute Gasteiger partial charge is 0.240 e. The zero-order valence-electron chi connectivity index (χ0n) is 11.1. The van der Waals surface area contributed by atoms with Crippen molar-refractivity contribution in [2.24, 2.45) is 7.05 Å². The highest BCUT2D eigenvalue weighted by Crippen LogP contribution is 2.20. The molecule has 0 atom stereocenters. The summed E-state index contributed by atoms with van der Waals surface area (Å²) in [5.74, 6) is 0. The van der Waals surface area contributed by atoms with Gasteiger partial charge in [-0.1, -0.05) is 6.07 Å². The highest BCUT2D eigenvalue weighted by atomic mass is 32.2. The van der Waals surface area contributed by atoms with Gasteiger partial charge in [-0.05, 0) is 29.3 Å². The van der Waals surface area contributed by atoms with Gasteiger partial charge in [0.1, 0.15) is 0 Å². The van der Waals surface area contributed by atoms with Crippen LogP contribution in [0.2, 0.25) is 0 Å². The molecule has 0 bridgehead atoms. The number of aromatic nitrogens is 2. The Bertz CT molecular complexity index is 737. The maximum Gasteiger partial charge on any atom is 0.240 e. The molecule has 20 heavy (non-hydrogen) atoms. The predicted octanol–water partition coefficient (Wildman–Crippen LogP) is 0.502. The molecule has 6 nitrogen and oxygen atoms in total. The molecule has 0 radical (unpaired) electrons. The first-order valence-corrected chi connectivity index (χ1v) is 7.84. The summed E-state index contributed by atoms with van der Waals surface area (Å²) in [6.45, 7) is 1.72. The summed E-state index contributed by atoms with van der Waals surface area (Å²) < 4.78 is 28.7. The average Bonchev–Trinajstić information content (AvgIpc) is 3.04. The third-order valence-corrected chi connectivity index (χ3v) is 4.73. The second kappa shape index (κ2) is 5.01. The molecule has 1 aromatic carbocycles. The molecule has 2 heterocycles. The highest BCUT2D eigenvalue weighted by Gasteiger charge is 2.18. The van der Waals surface area contributed by atoms with Gasteiger partial charge >= 0.3 is 0 Å². The number of aryl methyl sites for hydroxylation is 1. The minimum Gasteiger partial charge on any atom is -0.309 e. The monoisotopic (exact) mass is 292 g/mol. The van der Waals surface area contributed by atoms with Gasteiger partial charge in [-0.25, -0.2) is 13.1 Å². The summed E-state index contributed by atoms with van der Waals surface area (Å²) in [6.07, 6.45) is 1.78. The van der Waals surface area contributed by atoms with Crippen molar-refractivity contribution in [1.82, 2.24) is 19.8 Å². The third kappa shape index (κ3) is 2.60. The van der Waals surface area contributed by atoms with Crippen molar-refractivity contribution in [3.8, 4) is 0 Å². The Morgan fingerprint density at radius 3 is 2.85 bits per heavy atom. The van der Waals surface area contributed by atoms with Crippen LogP contribution < -0.4 is 10.0 Å². The fourth-order valence-corrected chi connectivity index (χ4v) is 3.30. The number of sulfonamides is 1. The Balaban J connectivity index is 1.78. The van der Waals surface area contributed by atoms with Crippen molar-refractivity contribution in [3.05, 3.63) is 47.3 Å². The van der Waals surface area contributed by atoms with Gasteiger partial charge in [0.25, 0.3) is 0 Å². The van der Waals surface area contributed by atoms with E-state index in [4.69, 9.17) is 0 Å². The van der Waals surface area contributed by atoms with Gasteiger partial charge in [0.05, 0.1) is 17.1 Å². The van der Waals surface area contributed by atoms with E-state index >= 15 is 0 Å². The van der Waals surface area contributed by atoms with E-state index in [1.54, 1.807) is 36.1 Å². The van der Waals surface area contributed by atoms with Crippen molar-refractivity contribution in [2.75, 3.05) is 0 Å². The summed E-state index contributed by atoms with van der Waals surface area (Å²) >= 11 is 0.